The number of anilines is 1. The van der Waals surface area contributed by atoms with E-state index in [1.165, 1.54) is 12.1 Å². The largest absolute Gasteiger partial charge is 0.363 e. The van der Waals surface area contributed by atoms with Crippen LogP contribution in [0.1, 0.15) is 13.8 Å². The monoisotopic (exact) mass is 240 g/mol. The molecule has 17 heavy (non-hydrogen) atoms. The first-order valence-corrected chi connectivity index (χ1v) is 6.02. The highest BCUT2D eigenvalue weighted by Crippen LogP contribution is 2.25. The summed E-state index contributed by atoms with van der Waals surface area (Å²) in [6.45, 7) is 6.66. The molecule has 1 unspecified atom stereocenters. The van der Waals surface area contributed by atoms with Crippen LogP contribution in [0.5, 0.6) is 0 Å². The molecule has 1 atom stereocenters. The highest BCUT2D eigenvalue weighted by atomic mass is 19.1. The molecule has 1 saturated heterocycles. The van der Waals surface area contributed by atoms with Gasteiger partial charge in [0.1, 0.15) is 11.6 Å². The molecule has 1 aromatic rings. The highest BCUT2D eigenvalue weighted by molar-refractivity contribution is 5.49. The molecule has 2 rings (SSSR count). The van der Waals surface area contributed by atoms with Crippen LogP contribution >= 0.6 is 0 Å². The van der Waals surface area contributed by atoms with Crippen LogP contribution in [0.3, 0.4) is 0 Å². The van der Waals surface area contributed by atoms with Gasteiger partial charge in [-0.1, -0.05) is 13.8 Å². The standard InChI is InChI=1S/C13H18F2N2/c1-9(2)13-8-16-5-6-17(13)12-4-3-10(14)7-11(12)15/h3-4,7,9,13,16H,5-6,8H2,1-2H3. The summed E-state index contributed by atoms with van der Waals surface area (Å²) in [5, 5.41) is 3.31. The van der Waals surface area contributed by atoms with Crippen molar-refractivity contribution in [3.8, 4) is 0 Å². The van der Waals surface area contributed by atoms with E-state index in [9.17, 15) is 8.78 Å². The van der Waals surface area contributed by atoms with Gasteiger partial charge < -0.3 is 10.2 Å². The molecule has 1 N–H and O–H groups in total. The summed E-state index contributed by atoms with van der Waals surface area (Å²) in [6, 6.07) is 4.06. The van der Waals surface area contributed by atoms with Crippen LogP contribution in [0.25, 0.3) is 0 Å². The van der Waals surface area contributed by atoms with Crippen molar-refractivity contribution in [3.05, 3.63) is 29.8 Å². The average molecular weight is 240 g/mol. The number of hydrogen-bond acceptors (Lipinski definition) is 2. The number of benzene rings is 1. The Morgan fingerprint density at radius 3 is 2.76 bits per heavy atom. The number of hydrogen-bond donors (Lipinski definition) is 1. The van der Waals surface area contributed by atoms with Crippen LogP contribution in [0.15, 0.2) is 18.2 Å². The van der Waals surface area contributed by atoms with Gasteiger partial charge in [-0.25, -0.2) is 8.78 Å². The van der Waals surface area contributed by atoms with Gasteiger partial charge in [0.2, 0.25) is 0 Å². The summed E-state index contributed by atoms with van der Waals surface area (Å²) >= 11 is 0. The minimum atomic E-state index is -0.525. The first kappa shape index (κ1) is 12.3. The SMILES string of the molecule is CC(C)C1CNCCN1c1ccc(F)cc1F. The van der Waals surface area contributed by atoms with Crippen LogP contribution in [-0.2, 0) is 0 Å². The Morgan fingerprint density at radius 2 is 2.12 bits per heavy atom. The molecule has 1 heterocycles. The molecule has 94 valence electrons. The van der Waals surface area contributed by atoms with Crippen molar-refractivity contribution in [2.75, 3.05) is 24.5 Å². The lowest BCUT2D eigenvalue weighted by Gasteiger charge is -2.40. The van der Waals surface area contributed by atoms with Gasteiger partial charge in [0.05, 0.1) is 5.69 Å². The lowest BCUT2D eigenvalue weighted by atomic mass is 9.99. The Morgan fingerprint density at radius 1 is 1.35 bits per heavy atom. The lowest BCUT2D eigenvalue weighted by molar-refractivity contribution is 0.386. The molecule has 4 heteroatoms. The third-order valence-corrected chi connectivity index (χ3v) is 3.27. The maximum Gasteiger partial charge on any atom is 0.149 e. The van der Waals surface area contributed by atoms with Crippen LogP contribution in [-0.4, -0.2) is 25.7 Å². The summed E-state index contributed by atoms with van der Waals surface area (Å²) in [5.41, 5.74) is 0.506. The van der Waals surface area contributed by atoms with Crippen LogP contribution in [0.4, 0.5) is 14.5 Å². The molecule has 0 saturated carbocycles. The predicted molar refractivity (Wildman–Crippen MR) is 65.2 cm³/mol. The third kappa shape index (κ3) is 2.57. The molecule has 0 aromatic heterocycles. The van der Waals surface area contributed by atoms with Crippen molar-refractivity contribution in [1.29, 1.82) is 0 Å². The van der Waals surface area contributed by atoms with Crippen molar-refractivity contribution >= 4 is 5.69 Å². The maximum absolute atomic E-state index is 13.8. The summed E-state index contributed by atoms with van der Waals surface area (Å²) in [5.74, 6) is -0.577. The molecule has 2 nitrogen and oxygen atoms in total. The zero-order valence-electron chi connectivity index (χ0n) is 10.2. The van der Waals surface area contributed by atoms with Crippen molar-refractivity contribution in [1.82, 2.24) is 5.32 Å². The van der Waals surface area contributed by atoms with E-state index in [-0.39, 0.29) is 6.04 Å². The normalized spacial score (nSPS) is 21.0. The van der Waals surface area contributed by atoms with Crippen molar-refractivity contribution < 1.29 is 8.78 Å². The second-order valence-electron chi connectivity index (χ2n) is 4.80. The summed E-state index contributed by atoms with van der Waals surface area (Å²) in [4.78, 5) is 2.04. The van der Waals surface area contributed by atoms with E-state index in [2.05, 4.69) is 19.2 Å². The fraction of sp³-hybridized carbons (Fsp3) is 0.538. The van der Waals surface area contributed by atoms with E-state index < -0.39 is 11.6 Å². The van der Waals surface area contributed by atoms with Gasteiger partial charge >= 0.3 is 0 Å². The number of rotatable bonds is 2. The number of nitrogens with zero attached hydrogens (tertiary/aromatic N) is 1. The van der Waals surface area contributed by atoms with Gasteiger partial charge in [-0.15, -0.1) is 0 Å². The van der Waals surface area contributed by atoms with E-state index in [0.29, 0.717) is 11.6 Å². The van der Waals surface area contributed by atoms with Crippen LogP contribution in [0, 0.1) is 17.6 Å². The van der Waals surface area contributed by atoms with E-state index >= 15 is 0 Å². The zero-order valence-corrected chi connectivity index (χ0v) is 10.2. The smallest absolute Gasteiger partial charge is 0.149 e. The first-order valence-electron chi connectivity index (χ1n) is 6.02. The van der Waals surface area contributed by atoms with Crippen molar-refractivity contribution in [2.45, 2.75) is 19.9 Å². The van der Waals surface area contributed by atoms with Gasteiger partial charge in [0.15, 0.2) is 0 Å². The molecule has 1 aromatic carbocycles. The molecular formula is C13H18F2N2. The van der Waals surface area contributed by atoms with Gasteiger partial charge in [0.25, 0.3) is 0 Å². The number of piperazine rings is 1. The van der Waals surface area contributed by atoms with Crippen molar-refractivity contribution in [2.24, 2.45) is 5.92 Å². The fourth-order valence-electron chi connectivity index (χ4n) is 2.33. The molecule has 1 aliphatic heterocycles. The molecule has 0 radical (unpaired) electrons. The van der Waals surface area contributed by atoms with E-state index in [1.54, 1.807) is 0 Å². The highest BCUT2D eigenvalue weighted by Gasteiger charge is 2.26. The van der Waals surface area contributed by atoms with Crippen LogP contribution < -0.4 is 10.2 Å². The lowest BCUT2D eigenvalue weighted by Crippen LogP contribution is -2.54. The Labute approximate surface area is 101 Å². The second kappa shape index (κ2) is 5.00. The summed E-state index contributed by atoms with van der Waals surface area (Å²) in [7, 11) is 0. The van der Waals surface area contributed by atoms with E-state index in [1.807, 2.05) is 4.90 Å². The summed E-state index contributed by atoms with van der Waals surface area (Å²) in [6.07, 6.45) is 0. The minimum absolute atomic E-state index is 0.253. The summed E-state index contributed by atoms with van der Waals surface area (Å²) < 4.78 is 26.7. The zero-order chi connectivity index (χ0) is 12.4. The fourth-order valence-corrected chi connectivity index (χ4v) is 2.33. The Balaban J connectivity index is 2.29. The molecule has 0 amide bonds. The van der Waals surface area contributed by atoms with E-state index in [4.69, 9.17) is 0 Å². The number of nitrogens with one attached hydrogen (secondary N) is 1. The van der Waals surface area contributed by atoms with E-state index in [0.717, 1.165) is 25.7 Å². The second-order valence-corrected chi connectivity index (χ2v) is 4.80. The number of halogens is 2. The Bertz CT molecular complexity index is 393. The van der Waals surface area contributed by atoms with Gasteiger partial charge in [-0.05, 0) is 18.1 Å². The average Bonchev–Trinajstić information content (AvgIpc) is 2.29. The Kier molecular flexibility index (Phi) is 3.62. The molecular weight excluding hydrogens is 222 g/mol. The molecule has 0 aliphatic carbocycles. The Hall–Kier alpha value is -1.16. The predicted octanol–water partition coefficient (Wildman–Crippen LogP) is 2.40. The topological polar surface area (TPSA) is 15.3 Å². The van der Waals surface area contributed by atoms with Gasteiger partial charge in [0, 0.05) is 31.7 Å². The first-order chi connectivity index (χ1) is 8.09. The quantitative estimate of drug-likeness (QED) is 0.854. The molecule has 1 aliphatic rings. The van der Waals surface area contributed by atoms with Crippen molar-refractivity contribution in [3.63, 3.8) is 0 Å². The minimum Gasteiger partial charge on any atom is -0.363 e. The van der Waals surface area contributed by atoms with Gasteiger partial charge in [-0.2, -0.15) is 0 Å². The van der Waals surface area contributed by atoms with Crippen LogP contribution in [0.2, 0.25) is 0 Å². The maximum atomic E-state index is 13.8. The van der Waals surface area contributed by atoms with Gasteiger partial charge in [-0.3, -0.25) is 0 Å². The molecule has 0 spiro atoms. The third-order valence-electron chi connectivity index (χ3n) is 3.27. The molecule has 1 fully saturated rings. The molecule has 0 bridgehead atoms.